The number of hydrogen-bond donors (Lipinski definition) is 2. The van der Waals surface area contributed by atoms with E-state index < -0.39 is 0 Å². The van der Waals surface area contributed by atoms with Gasteiger partial charge >= 0.3 is 0 Å². The van der Waals surface area contributed by atoms with E-state index in [4.69, 9.17) is 5.73 Å². The first-order valence-electron chi connectivity index (χ1n) is 7.37. The minimum absolute atomic E-state index is 0.00898. The number of rotatable bonds is 7. The van der Waals surface area contributed by atoms with Gasteiger partial charge in [0, 0.05) is 18.8 Å². The van der Waals surface area contributed by atoms with Gasteiger partial charge in [-0.2, -0.15) is 0 Å². The number of nitrogens with two attached hydrogens (primary N) is 1. The first-order valence-corrected chi connectivity index (χ1v) is 7.37. The third kappa shape index (κ3) is 4.63. The Balaban J connectivity index is 2.76. The summed E-state index contributed by atoms with van der Waals surface area (Å²) in [5.41, 5.74) is 7.13. The lowest BCUT2D eigenvalue weighted by atomic mass is 10.0. The maximum Gasteiger partial charge on any atom is 0.242 e. The van der Waals surface area contributed by atoms with Crippen LogP contribution < -0.4 is 11.1 Å². The molecule has 5 nitrogen and oxygen atoms in total. The molecule has 20 heavy (non-hydrogen) atoms. The minimum Gasteiger partial charge on any atom is -0.354 e. The molecule has 0 bridgehead atoms. The molecule has 2 unspecified atom stereocenters. The molecule has 0 aliphatic carbocycles. The highest BCUT2D eigenvalue weighted by Crippen LogP contribution is 2.21. The number of carbonyl (C=O) groups is 1. The highest BCUT2D eigenvalue weighted by Gasteiger charge is 2.20. The van der Waals surface area contributed by atoms with Crippen LogP contribution in [0.15, 0.2) is 12.5 Å². The summed E-state index contributed by atoms with van der Waals surface area (Å²) >= 11 is 0. The van der Waals surface area contributed by atoms with Crippen LogP contribution in [-0.2, 0) is 4.79 Å². The number of hydrogen-bond acceptors (Lipinski definition) is 3. The van der Waals surface area contributed by atoms with E-state index in [1.54, 1.807) is 12.5 Å². The zero-order valence-electron chi connectivity index (χ0n) is 13.3. The average Bonchev–Trinajstić information content (AvgIpc) is 2.83. The third-order valence-electron chi connectivity index (χ3n) is 3.28. The molecule has 2 atom stereocenters. The van der Waals surface area contributed by atoms with Crippen molar-refractivity contribution in [1.29, 1.82) is 0 Å². The Hall–Kier alpha value is -1.36. The number of nitrogens with zero attached hydrogens (tertiary/aromatic N) is 2. The fourth-order valence-electron chi connectivity index (χ4n) is 2.13. The van der Waals surface area contributed by atoms with E-state index in [-0.39, 0.29) is 18.0 Å². The molecule has 1 aromatic heterocycles. The third-order valence-corrected chi connectivity index (χ3v) is 3.28. The molecule has 0 radical (unpaired) electrons. The average molecular weight is 280 g/mol. The first kappa shape index (κ1) is 16.7. The predicted molar refractivity (Wildman–Crippen MR) is 81.2 cm³/mol. The molecule has 1 heterocycles. The van der Waals surface area contributed by atoms with E-state index in [1.807, 2.05) is 11.5 Å². The highest BCUT2D eigenvalue weighted by molar-refractivity contribution is 5.79. The van der Waals surface area contributed by atoms with E-state index in [0.29, 0.717) is 18.4 Å². The van der Waals surface area contributed by atoms with E-state index in [2.05, 4.69) is 38.0 Å². The Morgan fingerprint density at radius 2 is 1.95 bits per heavy atom. The van der Waals surface area contributed by atoms with Crippen LogP contribution in [0.25, 0.3) is 0 Å². The summed E-state index contributed by atoms with van der Waals surface area (Å²) in [5.74, 6) is 0.963. The molecule has 3 N–H and O–H groups in total. The van der Waals surface area contributed by atoms with Gasteiger partial charge in [-0.15, -0.1) is 0 Å². The molecular formula is C15H28N4O. The van der Waals surface area contributed by atoms with Gasteiger partial charge in [0.2, 0.25) is 5.91 Å². The lowest BCUT2D eigenvalue weighted by Gasteiger charge is -2.21. The van der Waals surface area contributed by atoms with Crippen molar-refractivity contribution in [3.8, 4) is 0 Å². The van der Waals surface area contributed by atoms with Crippen LogP contribution in [0.3, 0.4) is 0 Å². The van der Waals surface area contributed by atoms with Crippen molar-refractivity contribution in [1.82, 2.24) is 14.9 Å². The van der Waals surface area contributed by atoms with Crippen molar-refractivity contribution in [2.75, 3.05) is 6.54 Å². The second kappa shape index (κ2) is 7.43. The molecule has 0 spiro atoms. The Kier molecular flexibility index (Phi) is 6.20. The minimum atomic E-state index is -0.288. The van der Waals surface area contributed by atoms with Gasteiger partial charge in [0.25, 0.3) is 0 Å². The molecule has 114 valence electrons. The van der Waals surface area contributed by atoms with Gasteiger partial charge < -0.3 is 15.6 Å². The van der Waals surface area contributed by atoms with Crippen molar-refractivity contribution >= 4 is 5.91 Å². The smallest absolute Gasteiger partial charge is 0.242 e. The monoisotopic (exact) mass is 280 g/mol. The van der Waals surface area contributed by atoms with E-state index in [1.165, 1.54) is 0 Å². The second-order valence-corrected chi connectivity index (χ2v) is 6.28. The van der Waals surface area contributed by atoms with Crippen LogP contribution in [-0.4, -0.2) is 22.0 Å². The normalized spacial score (nSPS) is 14.6. The molecular weight excluding hydrogens is 252 g/mol. The molecule has 1 aromatic rings. The van der Waals surface area contributed by atoms with Crippen LogP contribution in [0.2, 0.25) is 0 Å². The zero-order valence-corrected chi connectivity index (χ0v) is 13.3. The zero-order chi connectivity index (χ0) is 15.3. The number of nitrogens with one attached hydrogen (secondary N) is 1. The van der Waals surface area contributed by atoms with E-state index in [0.717, 1.165) is 12.1 Å². The van der Waals surface area contributed by atoms with Gasteiger partial charge in [-0.05, 0) is 25.2 Å². The Morgan fingerprint density at radius 1 is 1.30 bits per heavy atom. The quantitative estimate of drug-likeness (QED) is 0.804. The summed E-state index contributed by atoms with van der Waals surface area (Å²) < 4.78 is 1.88. The van der Waals surface area contributed by atoms with Gasteiger partial charge in [-0.1, -0.05) is 27.7 Å². The van der Waals surface area contributed by atoms with Crippen molar-refractivity contribution in [2.24, 2.45) is 17.6 Å². The van der Waals surface area contributed by atoms with Gasteiger partial charge in [0.05, 0.1) is 12.0 Å². The Bertz CT molecular complexity index is 425. The molecule has 1 amide bonds. The van der Waals surface area contributed by atoms with E-state index >= 15 is 0 Å². The molecule has 5 heteroatoms. The summed E-state index contributed by atoms with van der Waals surface area (Å²) in [5, 5.41) is 2.95. The van der Waals surface area contributed by atoms with Gasteiger partial charge in [-0.3, -0.25) is 4.79 Å². The standard InChI is InChI=1S/C15H28N4O/c1-10(2)6-13(16)14-8-17-9-19(14)12(5)15(20)18-7-11(3)4/h8-13H,6-7,16H2,1-5H3,(H,18,20). The fourth-order valence-corrected chi connectivity index (χ4v) is 2.13. The second-order valence-electron chi connectivity index (χ2n) is 6.28. The molecule has 1 rings (SSSR count). The molecule has 0 aliphatic heterocycles. The summed E-state index contributed by atoms with van der Waals surface area (Å²) in [6, 6.07) is -0.373. The Labute approximate surface area is 122 Å². The van der Waals surface area contributed by atoms with Gasteiger partial charge in [-0.25, -0.2) is 4.98 Å². The molecule has 0 aliphatic rings. The first-order chi connectivity index (χ1) is 9.32. The summed E-state index contributed by atoms with van der Waals surface area (Å²) in [6.45, 7) is 11.0. The van der Waals surface area contributed by atoms with Crippen LogP contribution in [0, 0.1) is 11.8 Å². The highest BCUT2D eigenvalue weighted by atomic mass is 16.2. The van der Waals surface area contributed by atoms with Crippen LogP contribution in [0.5, 0.6) is 0 Å². The van der Waals surface area contributed by atoms with Crippen LogP contribution in [0.4, 0.5) is 0 Å². The summed E-state index contributed by atoms with van der Waals surface area (Å²) in [4.78, 5) is 16.3. The lowest BCUT2D eigenvalue weighted by molar-refractivity contribution is -0.124. The largest absolute Gasteiger partial charge is 0.354 e. The van der Waals surface area contributed by atoms with Crippen molar-refractivity contribution in [3.63, 3.8) is 0 Å². The fraction of sp³-hybridized carbons (Fsp3) is 0.733. The van der Waals surface area contributed by atoms with E-state index in [9.17, 15) is 4.79 Å². The van der Waals surface area contributed by atoms with Crippen molar-refractivity contribution < 1.29 is 4.79 Å². The van der Waals surface area contributed by atoms with Crippen molar-refractivity contribution in [2.45, 2.75) is 53.1 Å². The number of aromatic nitrogens is 2. The molecule has 0 fully saturated rings. The molecule has 0 saturated heterocycles. The van der Waals surface area contributed by atoms with Crippen LogP contribution >= 0.6 is 0 Å². The summed E-state index contributed by atoms with van der Waals surface area (Å²) in [6.07, 6.45) is 4.33. The predicted octanol–water partition coefficient (Wildman–Crippen LogP) is 2.26. The topological polar surface area (TPSA) is 72.9 Å². The molecule has 0 aromatic carbocycles. The van der Waals surface area contributed by atoms with Crippen molar-refractivity contribution in [3.05, 3.63) is 18.2 Å². The SMILES string of the molecule is CC(C)CNC(=O)C(C)n1cncc1C(N)CC(C)C. The molecule has 0 saturated carbocycles. The Morgan fingerprint density at radius 3 is 2.50 bits per heavy atom. The summed E-state index contributed by atoms with van der Waals surface area (Å²) in [7, 11) is 0. The van der Waals surface area contributed by atoms with Crippen LogP contribution in [0.1, 0.15) is 58.8 Å². The number of amides is 1. The maximum absolute atomic E-state index is 12.1. The van der Waals surface area contributed by atoms with Gasteiger partial charge in [0.1, 0.15) is 6.04 Å². The maximum atomic E-state index is 12.1. The lowest BCUT2D eigenvalue weighted by Crippen LogP contribution is -2.34. The van der Waals surface area contributed by atoms with Gasteiger partial charge in [0.15, 0.2) is 0 Å². The number of imidazole rings is 1. The number of carbonyl (C=O) groups excluding carboxylic acids is 1.